The molecule has 0 bridgehead atoms. The number of aryl methyl sites for hydroxylation is 2. The van der Waals surface area contributed by atoms with E-state index in [1.165, 1.54) is 11.1 Å². The highest BCUT2D eigenvalue weighted by Gasteiger charge is 2.25. The monoisotopic (exact) mass is 316 g/mol. The number of anilines is 2. The van der Waals surface area contributed by atoms with Gasteiger partial charge in [0.05, 0.1) is 0 Å². The summed E-state index contributed by atoms with van der Waals surface area (Å²) in [6.45, 7) is 4.15. The van der Waals surface area contributed by atoms with Crippen molar-refractivity contribution < 1.29 is 9.59 Å². The van der Waals surface area contributed by atoms with Crippen LogP contribution in [0.2, 0.25) is 0 Å². The quantitative estimate of drug-likeness (QED) is 0.700. The molecule has 0 saturated carbocycles. The zero-order chi connectivity index (χ0) is 16.8. The number of nitrogens with one attached hydrogen (secondary N) is 2. The van der Waals surface area contributed by atoms with Gasteiger partial charge >= 0.3 is 0 Å². The second-order valence-corrected chi connectivity index (χ2v) is 6.10. The summed E-state index contributed by atoms with van der Waals surface area (Å²) in [6.07, 6.45) is 0. The molecule has 2 N–H and O–H groups in total. The van der Waals surface area contributed by atoms with Crippen LogP contribution in [0.25, 0.3) is 10.8 Å². The highest BCUT2D eigenvalue weighted by molar-refractivity contribution is 6.26. The fraction of sp³-hybridized carbons (Fsp3) is 0.100. The van der Waals surface area contributed by atoms with Crippen molar-refractivity contribution in [1.82, 2.24) is 5.32 Å². The molecule has 0 spiro atoms. The van der Waals surface area contributed by atoms with Gasteiger partial charge in [-0.1, -0.05) is 18.2 Å². The van der Waals surface area contributed by atoms with Gasteiger partial charge in [0.25, 0.3) is 11.8 Å². The summed E-state index contributed by atoms with van der Waals surface area (Å²) in [4.78, 5) is 24.2. The van der Waals surface area contributed by atoms with Crippen molar-refractivity contribution in [2.75, 3.05) is 5.32 Å². The Bertz CT molecular complexity index is 1000. The summed E-state index contributed by atoms with van der Waals surface area (Å²) < 4.78 is 0. The molecule has 0 aromatic heterocycles. The maximum Gasteiger partial charge on any atom is 0.258 e. The average molecular weight is 316 g/mol. The van der Waals surface area contributed by atoms with E-state index in [0.717, 1.165) is 16.8 Å². The Kier molecular flexibility index (Phi) is 3.13. The Balaban J connectivity index is 1.89. The van der Waals surface area contributed by atoms with Crippen LogP contribution >= 0.6 is 0 Å². The van der Waals surface area contributed by atoms with Gasteiger partial charge in [0.2, 0.25) is 0 Å². The summed E-state index contributed by atoms with van der Waals surface area (Å²) in [7, 11) is 0. The zero-order valence-corrected chi connectivity index (χ0v) is 13.4. The van der Waals surface area contributed by atoms with Crippen molar-refractivity contribution in [2.24, 2.45) is 0 Å². The van der Waals surface area contributed by atoms with E-state index in [2.05, 4.69) is 36.6 Å². The minimum atomic E-state index is -0.346. The summed E-state index contributed by atoms with van der Waals surface area (Å²) in [6, 6.07) is 15.3. The van der Waals surface area contributed by atoms with E-state index in [4.69, 9.17) is 0 Å². The van der Waals surface area contributed by atoms with E-state index < -0.39 is 0 Å². The number of benzene rings is 3. The first-order chi connectivity index (χ1) is 11.5. The Labute approximate surface area is 139 Å². The van der Waals surface area contributed by atoms with Gasteiger partial charge in [0.1, 0.15) is 0 Å². The Morgan fingerprint density at radius 2 is 1.58 bits per heavy atom. The largest absolute Gasteiger partial charge is 0.355 e. The van der Waals surface area contributed by atoms with E-state index >= 15 is 0 Å². The molecule has 118 valence electrons. The first kappa shape index (κ1) is 14.5. The number of hydrogen-bond donors (Lipinski definition) is 2. The third-order valence-corrected chi connectivity index (χ3v) is 4.54. The van der Waals surface area contributed by atoms with Crippen LogP contribution in [0.3, 0.4) is 0 Å². The Morgan fingerprint density at radius 1 is 0.833 bits per heavy atom. The number of rotatable bonds is 2. The molecule has 0 saturated heterocycles. The first-order valence-electron chi connectivity index (χ1n) is 7.80. The highest BCUT2D eigenvalue weighted by atomic mass is 16.2. The normalized spacial score (nSPS) is 13.1. The van der Waals surface area contributed by atoms with Crippen LogP contribution in [0.1, 0.15) is 31.8 Å². The maximum absolute atomic E-state index is 12.1. The van der Waals surface area contributed by atoms with Gasteiger partial charge in [0, 0.05) is 33.3 Å². The third kappa shape index (κ3) is 2.15. The fourth-order valence-electron chi connectivity index (χ4n) is 3.11. The molecule has 0 fully saturated rings. The molecule has 0 unspecified atom stereocenters. The molecule has 2 amide bonds. The average Bonchev–Trinajstić information content (AvgIpc) is 2.57. The van der Waals surface area contributed by atoms with E-state index in [-0.39, 0.29) is 11.8 Å². The Morgan fingerprint density at radius 3 is 2.33 bits per heavy atom. The molecule has 1 aliphatic heterocycles. The third-order valence-electron chi connectivity index (χ3n) is 4.54. The minimum Gasteiger partial charge on any atom is -0.355 e. The van der Waals surface area contributed by atoms with E-state index in [1.54, 1.807) is 12.1 Å². The van der Waals surface area contributed by atoms with Crippen molar-refractivity contribution in [2.45, 2.75) is 13.8 Å². The number of hydrogen-bond acceptors (Lipinski definition) is 3. The van der Waals surface area contributed by atoms with E-state index in [0.29, 0.717) is 16.5 Å². The summed E-state index contributed by atoms with van der Waals surface area (Å²) in [5.41, 5.74) is 5.36. The van der Waals surface area contributed by atoms with E-state index in [1.807, 2.05) is 24.3 Å². The van der Waals surface area contributed by atoms with Crippen LogP contribution in [-0.2, 0) is 0 Å². The van der Waals surface area contributed by atoms with Gasteiger partial charge in [-0.2, -0.15) is 0 Å². The minimum absolute atomic E-state index is 0.346. The zero-order valence-electron chi connectivity index (χ0n) is 13.4. The lowest BCUT2D eigenvalue weighted by Crippen LogP contribution is -2.34. The van der Waals surface area contributed by atoms with Gasteiger partial charge in [-0.05, 0) is 55.3 Å². The second kappa shape index (κ2) is 5.20. The molecular formula is C20H16N2O2. The highest BCUT2D eigenvalue weighted by Crippen LogP contribution is 2.33. The molecule has 1 heterocycles. The molecule has 0 atom stereocenters. The van der Waals surface area contributed by atoms with Crippen LogP contribution in [-0.4, -0.2) is 11.8 Å². The van der Waals surface area contributed by atoms with Crippen molar-refractivity contribution >= 4 is 34.0 Å². The second-order valence-electron chi connectivity index (χ2n) is 6.10. The summed E-state index contributed by atoms with van der Waals surface area (Å²) in [5.74, 6) is -0.692. The van der Waals surface area contributed by atoms with Crippen LogP contribution in [0.15, 0.2) is 48.5 Å². The summed E-state index contributed by atoms with van der Waals surface area (Å²) >= 11 is 0. The topological polar surface area (TPSA) is 58.2 Å². The van der Waals surface area contributed by atoms with Gasteiger partial charge < -0.3 is 5.32 Å². The molecule has 0 aliphatic carbocycles. The number of carbonyl (C=O) groups excluding carboxylic acids is 2. The first-order valence-corrected chi connectivity index (χ1v) is 7.80. The fourth-order valence-corrected chi connectivity index (χ4v) is 3.11. The lowest BCUT2D eigenvalue weighted by molar-refractivity contribution is 0.0845. The van der Waals surface area contributed by atoms with Crippen LogP contribution in [0.4, 0.5) is 11.4 Å². The van der Waals surface area contributed by atoms with Crippen LogP contribution < -0.4 is 10.6 Å². The van der Waals surface area contributed by atoms with Gasteiger partial charge in [0.15, 0.2) is 0 Å². The van der Waals surface area contributed by atoms with Crippen LogP contribution in [0, 0.1) is 13.8 Å². The van der Waals surface area contributed by atoms with Crippen LogP contribution in [0.5, 0.6) is 0 Å². The van der Waals surface area contributed by atoms with Crippen molar-refractivity contribution in [3.8, 4) is 0 Å². The molecule has 3 aromatic carbocycles. The van der Waals surface area contributed by atoms with Gasteiger partial charge in [-0.3, -0.25) is 14.9 Å². The molecular weight excluding hydrogens is 300 g/mol. The molecule has 3 aromatic rings. The molecule has 4 heteroatoms. The predicted octanol–water partition coefficient (Wildman–Crippen LogP) is 4.08. The molecule has 24 heavy (non-hydrogen) atoms. The number of carbonyl (C=O) groups is 2. The Hall–Kier alpha value is -3.14. The van der Waals surface area contributed by atoms with Gasteiger partial charge in [-0.15, -0.1) is 0 Å². The van der Waals surface area contributed by atoms with Crippen molar-refractivity contribution in [1.29, 1.82) is 0 Å². The smallest absolute Gasteiger partial charge is 0.258 e. The molecule has 4 nitrogen and oxygen atoms in total. The number of amides is 2. The SMILES string of the molecule is Cc1ccc(Nc2ccc3c4c(cccc24)C(=O)NC3=O)cc1C. The molecule has 0 radical (unpaired) electrons. The molecule has 4 rings (SSSR count). The predicted molar refractivity (Wildman–Crippen MR) is 94.9 cm³/mol. The summed E-state index contributed by atoms with van der Waals surface area (Å²) in [5, 5.41) is 7.36. The lowest BCUT2D eigenvalue weighted by Gasteiger charge is -2.19. The van der Waals surface area contributed by atoms with Crippen molar-refractivity contribution in [3.05, 3.63) is 70.8 Å². The van der Waals surface area contributed by atoms with Crippen molar-refractivity contribution in [3.63, 3.8) is 0 Å². The molecule has 1 aliphatic rings. The van der Waals surface area contributed by atoms with E-state index in [9.17, 15) is 9.59 Å². The number of imide groups is 1. The maximum atomic E-state index is 12.1. The lowest BCUT2D eigenvalue weighted by atomic mass is 9.94. The van der Waals surface area contributed by atoms with Gasteiger partial charge in [-0.25, -0.2) is 0 Å². The standard InChI is InChI=1S/C20H16N2O2/c1-11-6-7-13(10-12(11)2)21-17-9-8-16-18-14(17)4-3-5-15(18)19(23)22-20(16)24/h3-10,21H,1-2H3,(H,22,23,24).